The van der Waals surface area contributed by atoms with Crippen LogP contribution < -0.4 is 15.8 Å². The van der Waals surface area contributed by atoms with Crippen molar-refractivity contribution in [1.29, 1.82) is 0 Å². The zero-order valence-corrected chi connectivity index (χ0v) is 16.8. The fraction of sp³-hybridized carbons (Fsp3) is 0.421. The molecule has 0 bridgehead atoms. The van der Waals surface area contributed by atoms with Gasteiger partial charge in [-0.15, -0.1) is 11.6 Å². The van der Waals surface area contributed by atoms with Gasteiger partial charge in [0.25, 0.3) is 5.70 Å². The molecule has 28 heavy (non-hydrogen) atoms. The molecule has 0 spiro atoms. The van der Waals surface area contributed by atoms with Crippen molar-refractivity contribution in [2.45, 2.75) is 38.0 Å². The highest BCUT2D eigenvalue weighted by Gasteiger charge is 2.42. The van der Waals surface area contributed by atoms with E-state index in [4.69, 9.17) is 26.8 Å². The van der Waals surface area contributed by atoms with E-state index in [9.17, 15) is 14.9 Å². The third-order valence-electron chi connectivity index (χ3n) is 4.39. The monoisotopic (exact) mass is 409 g/mol. The lowest BCUT2D eigenvalue weighted by Crippen LogP contribution is -2.35. The Morgan fingerprint density at radius 1 is 1.43 bits per heavy atom. The van der Waals surface area contributed by atoms with Crippen molar-refractivity contribution in [1.82, 2.24) is 5.32 Å². The van der Waals surface area contributed by atoms with Gasteiger partial charge in [0.1, 0.15) is 17.5 Å². The fourth-order valence-corrected chi connectivity index (χ4v) is 3.28. The van der Waals surface area contributed by atoms with Crippen LogP contribution in [0.3, 0.4) is 0 Å². The predicted molar refractivity (Wildman–Crippen MR) is 105 cm³/mol. The summed E-state index contributed by atoms with van der Waals surface area (Å²) in [6.45, 7) is 3.83. The van der Waals surface area contributed by atoms with Crippen molar-refractivity contribution >= 4 is 17.6 Å². The molecular formula is C19H24ClN3O5. The molecule has 0 amide bonds. The number of dihydropyridines is 1. The largest absolute Gasteiger partial charge is 0.493 e. The number of benzene rings is 1. The van der Waals surface area contributed by atoms with Crippen LogP contribution in [0.25, 0.3) is 0 Å². The van der Waals surface area contributed by atoms with Crippen LogP contribution in [0.4, 0.5) is 0 Å². The van der Waals surface area contributed by atoms with Crippen LogP contribution in [0, 0.1) is 10.1 Å². The lowest BCUT2D eigenvalue weighted by molar-refractivity contribution is -0.431. The van der Waals surface area contributed by atoms with Gasteiger partial charge in [0.2, 0.25) is 0 Å². The van der Waals surface area contributed by atoms with E-state index in [1.807, 2.05) is 6.92 Å². The molecule has 0 radical (unpaired) electrons. The van der Waals surface area contributed by atoms with Gasteiger partial charge in [0, 0.05) is 10.9 Å². The zero-order chi connectivity index (χ0) is 20.8. The number of nitrogens with one attached hydrogen (secondary N) is 1. The molecule has 2 rings (SSSR count). The number of carbonyl (C=O) groups is 1. The number of alkyl halides is 1. The van der Waals surface area contributed by atoms with Crippen molar-refractivity contribution < 1.29 is 19.2 Å². The van der Waals surface area contributed by atoms with Gasteiger partial charge in [-0.1, -0.05) is 18.2 Å². The van der Waals surface area contributed by atoms with Crippen molar-refractivity contribution in [2.24, 2.45) is 5.73 Å². The minimum absolute atomic E-state index is 0.0192. The van der Waals surface area contributed by atoms with E-state index in [-0.39, 0.29) is 28.2 Å². The minimum atomic E-state index is -1.02. The molecule has 1 heterocycles. The molecule has 8 nitrogen and oxygen atoms in total. The van der Waals surface area contributed by atoms with Gasteiger partial charge < -0.3 is 20.5 Å². The Labute approximate surface area is 168 Å². The number of allylic oxidation sites excluding steroid dienone is 2. The smallest absolute Gasteiger partial charge is 0.338 e. The summed E-state index contributed by atoms with van der Waals surface area (Å²) in [6.07, 6.45) is 1.50. The molecule has 1 aromatic rings. The molecule has 9 heteroatoms. The van der Waals surface area contributed by atoms with E-state index in [1.54, 1.807) is 24.3 Å². The number of esters is 1. The summed E-state index contributed by atoms with van der Waals surface area (Å²) in [5.41, 5.74) is 6.52. The second kappa shape index (κ2) is 9.45. The number of nitrogens with zero attached hydrogens (tertiary/aromatic N) is 1. The number of methoxy groups -OCH3 is 1. The van der Waals surface area contributed by atoms with Crippen molar-refractivity contribution in [3.05, 3.63) is 62.7 Å². The van der Waals surface area contributed by atoms with Crippen molar-refractivity contribution in [3.63, 3.8) is 0 Å². The van der Waals surface area contributed by atoms with E-state index in [1.165, 1.54) is 14.0 Å². The third kappa shape index (κ3) is 4.75. The highest BCUT2D eigenvalue weighted by Crippen LogP contribution is 2.41. The van der Waals surface area contributed by atoms with Crippen molar-refractivity contribution in [3.8, 4) is 5.75 Å². The maximum absolute atomic E-state index is 12.4. The second-order valence-corrected chi connectivity index (χ2v) is 7.20. The number of halogens is 1. The number of ether oxygens (including phenoxy) is 2. The van der Waals surface area contributed by atoms with Crippen molar-refractivity contribution in [2.75, 3.05) is 13.7 Å². The molecular weight excluding hydrogens is 386 g/mol. The summed E-state index contributed by atoms with van der Waals surface area (Å²) < 4.78 is 10.7. The van der Waals surface area contributed by atoms with Crippen LogP contribution >= 0.6 is 11.6 Å². The Morgan fingerprint density at radius 2 is 2.11 bits per heavy atom. The first-order valence-corrected chi connectivity index (χ1v) is 9.27. The van der Waals surface area contributed by atoms with Crippen LogP contribution in [0.15, 0.2) is 47.1 Å². The molecule has 1 aliphatic heterocycles. The minimum Gasteiger partial charge on any atom is -0.493 e. The average Bonchev–Trinajstić information content (AvgIpc) is 2.64. The summed E-state index contributed by atoms with van der Waals surface area (Å²) >= 11 is 5.95. The standard InChI is InChI=1S/C19H24ClN3O5/c1-11(20)7-6-10-28-14-9-5-4-8-13(14)15-16(19(24)27-3)18(21)22-12(2)17(15)23(25)26/h4-5,8-9,11,15,22H,6-7,10,21H2,1-3H3. The number of nitro groups is 1. The SMILES string of the molecule is COC(=O)C1=C(N)NC(C)=C([N+](=O)[O-])C1c1ccccc1OCCCC(C)Cl. The lowest BCUT2D eigenvalue weighted by atomic mass is 9.84. The Balaban J connectivity index is 2.49. The van der Waals surface area contributed by atoms with Crippen LogP contribution in [-0.4, -0.2) is 30.0 Å². The van der Waals surface area contributed by atoms with Crippen LogP contribution in [0.1, 0.15) is 38.2 Å². The van der Waals surface area contributed by atoms with Gasteiger partial charge in [-0.25, -0.2) is 4.79 Å². The Bertz CT molecular complexity index is 820. The number of para-hydroxylation sites is 1. The van der Waals surface area contributed by atoms with Gasteiger partial charge in [0.05, 0.1) is 29.9 Å². The molecule has 0 aliphatic carbocycles. The number of hydrogen-bond acceptors (Lipinski definition) is 7. The predicted octanol–water partition coefficient (Wildman–Crippen LogP) is 3.01. The molecule has 3 N–H and O–H groups in total. The molecule has 152 valence electrons. The zero-order valence-electron chi connectivity index (χ0n) is 16.0. The Hall–Kier alpha value is -2.74. The van der Waals surface area contributed by atoms with Gasteiger partial charge in [0.15, 0.2) is 0 Å². The first-order chi connectivity index (χ1) is 13.3. The molecule has 0 aromatic heterocycles. The van der Waals surface area contributed by atoms with E-state index in [2.05, 4.69) is 5.32 Å². The Morgan fingerprint density at radius 3 is 2.71 bits per heavy atom. The molecule has 1 aliphatic rings. The number of nitrogens with two attached hydrogens (primary N) is 1. The summed E-state index contributed by atoms with van der Waals surface area (Å²) in [4.78, 5) is 23.7. The van der Waals surface area contributed by atoms with E-state index >= 15 is 0 Å². The van der Waals surface area contributed by atoms with Gasteiger partial charge >= 0.3 is 5.97 Å². The molecule has 0 fully saturated rings. The van der Waals surface area contributed by atoms with Gasteiger partial charge in [-0.3, -0.25) is 10.1 Å². The second-order valence-electron chi connectivity index (χ2n) is 6.45. The fourth-order valence-electron chi connectivity index (χ4n) is 3.12. The maximum Gasteiger partial charge on any atom is 0.338 e. The Kier molecular flexibility index (Phi) is 7.28. The van der Waals surface area contributed by atoms with E-state index in [0.717, 1.165) is 12.8 Å². The highest BCUT2D eigenvalue weighted by atomic mass is 35.5. The quantitative estimate of drug-likeness (QED) is 0.223. The molecule has 2 atom stereocenters. The first kappa shape index (κ1) is 21.6. The molecule has 1 aromatic carbocycles. The average molecular weight is 410 g/mol. The summed E-state index contributed by atoms with van der Waals surface area (Å²) in [5, 5.41) is 14.5. The van der Waals surface area contributed by atoms with E-state index in [0.29, 0.717) is 17.9 Å². The molecule has 0 saturated carbocycles. The van der Waals surface area contributed by atoms with Crippen LogP contribution in [-0.2, 0) is 9.53 Å². The maximum atomic E-state index is 12.4. The lowest BCUT2D eigenvalue weighted by Gasteiger charge is -2.26. The normalized spacial score (nSPS) is 17.8. The van der Waals surface area contributed by atoms with Gasteiger partial charge in [-0.05, 0) is 32.8 Å². The summed E-state index contributed by atoms with van der Waals surface area (Å²) in [7, 11) is 1.20. The molecule has 0 saturated heterocycles. The summed E-state index contributed by atoms with van der Waals surface area (Å²) in [5.74, 6) is -1.30. The van der Waals surface area contributed by atoms with Gasteiger partial charge in [-0.2, -0.15) is 0 Å². The number of rotatable bonds is 8. The van der Waals surface area contributed by atoms with E-state index < -0.39 is 16.8 Å². The molecule has 2 unspecified atom stereocenters. The highest BCUT2D eigenvalue weighted by molar-refractivity contribution is 6.20. The number of hydrogen-bond donors (Lipinski definition) is 2. The topological polar surface area (TPSA) is 117 Å². The van der Waals surface area contributed by atoms with Crippen LogP contribution in [0.2, 0.25) is 0 Å². The number of carbonyl (C=O) groups excluding carboxylic acids is 1. The first-order valence-electron chi connectivity index (χ1n) is 8.83. The third-order valence-corrected chi connectivity index (χ3v) is 4.61. The van der Waals surface area contributed by atoms with Crippen LogP contribution in [0.5, 0.6) is 5.75 Å². The summed E-state index contributed by atoms with van der Waals surface area (Å²) in [6, 6.07) is 6.88.